The van der Waals surface area contributed by atoms with Crippen molar-refractivity contribution in [3.8, 4) is 5.75 Å². The van der Waals surface area contributed by atoms with E-state index in [0.717, 1.165) is 0 Å². The molecule has 0 unspecified atom stereocenters. The van der Waals surface area contributed by atoms with Crippen LogP contribution in [-0.4, -0.2) is 28.8 Å². The molecule has 1 aromatic heterocycles. The molecule has 0 aliphatic rings. The van der Waals surface area contributed by atoms with Gasteiger partial charge in [0, 0.05) is 12.7 Å². The SMILES string of the molecule is CCn1cc(C(=O)Oc2ccc(C(=O)OC)cc2)cn1. The Labute approximate surface area is 115 Å². The van der Waals surface area contributed by atoms with Crippen molar-refractivity contribution in [3.05, 3.63) is 47.8 Å². The second-order valence-corrected chi connectivity index (χ2v) is 3.99. The van der Waals surface area contributed by atoms with Gasteiger partial charge in [-0.3, -0.25) is 4.68 Å². The van der Waals surface area contributed by atoms with Crippen molar-refractivity contribution in [3.63, 3.8) is 0 Å². The number of aryl methyl sites for hydroxylation is 1. The molecule has 0 atom stereocenters. The van der Waals surface area contributed by atoms with Crippen LogP contribution in [0.1, 0.15) is 27.6 Å². The largest absolute Gasteiger partial charge is 0.465 e. The van der Waals surface area contributed by atoms with Crippen LogP contribution in [0.15, 0.2) is 36.7 Å². The average molecular weight is 274 g/mol. The zero-order valence-corrected chi connectivity index (χ0v) is 11.2. The summed E-state index contributed by atoms with van der Waals surface area (Å²) in [7, 11) is 1.31. The molecule has 2 aromatic rings. The molecule has 2 rings (SSSR count). The second kappa shape index (κ2) is 6.01. The van der Waals surface area contributed by atoms with Crippen LogP contribution >= 0.6 is 0 Å². The van der Waals surface area contributed by atoms with Crippen LogP contribution in [0.2, 0.25) is 0 Å². The Kier molecular flexibility index (Phi) is 4.14. The summed E-state index contributed by atoms with van der Waals surface area (Å²) < 4.78 is 11.4. The van der Waals surface area contributed by atoms with Crippen LogP contribution in [0.5, 0.6) is 5.75 Å². The van der Waals surface area contributed by atoms with E-state index in [1.807, 2.05) is 6.92 Å². The second-order valence-electron chi connectivity index (χ2n) is 3.99. The summed E-state index contributed by atoms with van der Waals surface area (Å²) >= 11 is 0. The Balaban J connectivity index is 2.06. The number of hydrogen-bond acceptors (Lipinski definition) is 5. The number of aromatic nitrogens is 2. The van der Waals surface area contributed by atoms with E-state index in [0.29, 0.717) is 23.4 Å². The predicted molar refractivity (Wildman–Crippen MR) is 70.6 cm³/mol. The van der Waals surface area contributed by atoms with Gasteiger partial charge in [-0.05, 0) is 31.2 Å². The van der Waals surface area contributed by atoms with Crippen molar-refractivity contribution in [2.45, 2.75) is 13.5 Å². The van der Waals surface area contributed by atoms with Gasteiger partial charge in [-0.2, -0.15) is 5.10 Å². The molecule has 0 bridgehead atoms. The molecule has 0 saturated carbocycles. The van der Waals surface area contributed by atoms with E-state index >= 15 is 0 Å². The molecule has 0 amide bonds. The zero-order chi connectivity index (χ0) is 14.5. The number of carbonyl (C=O) groups is 2. The summed E-state index contributed by atoms with van der Waals surface area (Å²) in [5, 5.41) is 4.00. The molecule has 1 aromatic carbocycles. The van der Waals surface area contributed by atoms with Crippen molar-refractivity contribution in [1.29, 1.82) is 0 Å². The Morgan fingerprint density at radius 2 is 1.85 bits per heavy atom. The molecule has 0 N–H and O–H groups in total. The topological polar surface area (TPSA) is 70.4 Å². The van der Waals surface area contributed by atoms with E-state index in [-0.39, 0.29) is 0 Å². The van der Waals surface area contributed by atoms with E-state index in [1.54, 1.807) is 10.9 Å². The monoisotopic (exact) mass is 274 g/mol. The van der Waals surface area contributed by atoms with E-state index in [4.69, 9.17) is 4.74 Å². The van der Waals surface area contributed by atoms with Crippen LogP contribution in [0.25, 0.3) is 0 Å². The number of ether oxygens (including phenoxy) is 2. The van der Waals surface area contributed by atoms with Gasteiger partial charge in [-0.15, -0.1) is 0 Å². The molecule has 104 valence electrons. The van der Waals surface area contributed by atoms with Crippen LogP contribution in [-0.2, 0) is 11.3 Å². The maximum atomic E-state index is 11.9. The Morgan fingerprint density at radius 1 is 1.15 bits per heavy atom. The van der Waals surface area contributed by atoms with Crippen LogP contribution < -0.4 is 4.74 Å². The molecule has 0 aliphatic heterocycles. The molecule has 6 nitrogen and oxygen atoms in total. The van der Waals surface area contributed by atoms with Gasteiger partial charge in [0.25, 0.3) is 0 Å². The van der Waals surface area contributed by atoms with E-state index < -0.39 is 11.9 Å². The highest BCUT2D eigenvalue weighted by atomic mass is 16.5. The summed E-state index contributed by atoms with van der Waals surface area (Å²) in [6, 6.07) is 6.14. The lowest BCUT2D eigenvalue weighted by Crippen LogP contribution is -2.08. The summed E-state index contributed by atoms with van der Waals surface area (Å²) in [4.78, 5) is 23.1. The Hall–Kier alpha value is -2.63. The number of nitrogens with zero attached hydrogens (tertiary/aromatic N) is 2. The first-order valence-electron chi connectivity index (χ1n) is 6.07. The third-order valence-electron chi connectivity index (χ3n) is 2.68. The highest BCUT2D eigenvalue weighted by Crippen LogP contribution is 2.14. The highest BCUT2D eigenvalue weighted by molar-refractivity contribution is 5.91. The van der Waals surface area contributed by atoms with Crippen molar-refractivity contribution in [2.75, 3.05) is 7.11 Å². The number of methoxy groups -OCH3 is 1. The number of hydrogen-bond donors (Lipinski definition) is 0. The molecule has 0 radical (unpaired) electrons. The summed E-state index contributed by atoms with van der Waals surface area (Å²) in [6.45, 7) is 2.61. The van der Waals surface area contributed by atoms with Crippen molar-refractivity contribution < 1.29 is 19.1 Å². The van der Waals surface area contributed by atoms with Gasteiger partial charge < -0.3 is 9.47 Å². The normalized spacial score (nSPS) is 10.1. The first-order chi connectivity index (χ1) is 9.63. The molecule has 20 heavy (non-hydrogen) atoms. The zero-order valence-electron chi connectivity index (χ0n) is 11.2. The Bertz CT molecular complexity index is 616. The molecular weight excluding hydrogens is 260 g/mol. The van der Waals surface area contributed by atoms with Crippen LogP contribution in [0.3, 0.4) is 0 Å². The van der Waals surface area contributed by atoms with Gasteiger partial charge in [0.15, 0.2) is 0 Å². The van der Waals surface area contributed by atoms with E-state index in [2.05, 4.69) is 9.84 Å². The smallest absolute Gasteiger partial charge is 0.346 e. The summed E-state index contributed by atoms with van der Waals surface area (Å²) in [5.74, 6) is -0.575. The quantitative estimate of drug-likeness (QED) is 0.629. The fraction of sp³-hybridized carbons (Fsp3) is 0.214. The third kappa shape index (κ3) is 3.03. The van der Waals surface area contributed by atoms with Crippen molar-refractivity contribution >= 4 is 11.9 Å². The molecule has 6 heteroatoms. The van der Waals surface area contributed by atoms with Crippen molar-refractivity contribution in [1.82, 2.24) is 9.78 Å². The van der Waals surface area contributed by atoms with E-state index in [9.17, 15) is 9.59 Å². The molecule has 1 heterocycles. The van der Waals surface area contributed by atoms with Crippen LogP contribution in [0.4, 0.5) is 0 Å². The van der Waals surface area contributed by atoms with Crippen molar-refractivity contribution in [2.24, 2.45) is 0 Å². The highest BCUT2D eigenvalue weighted by Gasteiger charge is 2.12. The fourth-order valence-corrected chi connectivity index (χ4v) is 1.58. The number of rotatable bonds is 4. The maximum Gasteiger partial charge on any atom is 0.346 e. The number of benzene rings is 1. The van der Waals surface area contributed by atoms with E-state index in [1.165, 1.54) is 37.6 Å². The number of carbonyl (C=O) groups excluding carboxylic acids is 2. The third-order valence-corrected chi connectivity index (χ3v) is 2.68. The Morgan fingerprint density at radius 3 is 2.40 bits per heavy atom. The summed E-state index contributed by atoms with van der Waals surface area (Å²) in [5.41, 5.74) is 0.773. The average Bonchev–Trinajstić information content (AvgIpc) is 2.96. The first kappa shape index (κ1) is 13.8. The van der Waals surface area contributed by atoms with Gasteiger partial charge in [0.05, 0.1) is 24.4 Å². The number of esters is 2. The van der Waals surface area contributed by atoms with Gasteiger partial charge in [-0.25, -0.2) is 9.59 Å². The lowest BCUT2D eigenvalue weighted by Gasteiger charge is -2.03. The molecular formula is C14H14N2O4. The standard InChI is InChI=1S/C14H14N2O4/c1-3-16-9-11(8-15-16)14(18)20-12-6-4-10(5-7-12)13(17)19-2/h4-9H,3H2,1-2H3. The lowest BCUT2D eigenvalue weighted by atomic mass is 10.2. The predicted octanol–water partition coefficient (Wildman–Crippen LogP) is 1.91. The lowest BCUT2D eigenvalue weighted by molar-refractivity contribution is 0.0600. The molecule has 0 saturated heterocycles. The molecule has 0 fully saturated rings. The van der Waals surface area contributed by atoms with Gasteiger partial charge in [-0.1, -0.05) is 0 Å². The van der Waals surface area contributed by atoms with Gasteiger partial charge >= 0.3 is 11.9 Å². The minimum atomic E-state index is -0.490. The minimum absolute atomic E-state index is 0.354. The maximum absolute atomic E-state index is 11.9. The molecule has 0 spiro atoms. The summed E-state index contributed by atoms with van der Waals surface area (Å²) in [6.07, 6.45) is 3.07. The first-order valence-corrected chi connectivity index (χ1v) is 6.07. The van der Waals surface area contributed by atoms with Crippen LogP contribution in [0, 0.1) is 0 Å². The van der Waals surface area contributed by atoms with Gasteiger partial charge in [0.1, 0.15) is 5.75 Å². The molecule has 0 aliphatic carbocycles. The minimum Gasteiger partial charge on any atom is -0.465 e. The fourth-order valence-electron chi connectivity index (χ4n) is 1.58. The van der Waals surface area contributed by atoms with Gasteiger partial charge in [0.2, 0.25) is 0 Å².